The first-order chi connectivity index (χ1) is 13.0. The number of ether oxygens (including phenoxy) is 1. The van der Waals surface area contributed by atoms with Crippen LogP contribution < -0.4 is 16.2 Å². The molecule has 7 heteroatoms. The number of amides is 2. The molecule has 1 unspecified atom stereocenters. The fourth-order valence-corrected chi connectivity index (χ4v) is 3.13. The van der Waals surface area contributed by atoms with Crippen LogP contribution in [0, 0.1) is 6.92 Å². The number of aromatic nitrogens is 1. The standard InChI is InChI=1S/C20H26N4O3/c1-15-12-19(25)23(2)13-17(15)21-20(26)22-18(16-6-4-3-5-7-16)14-24-8-10-27-11-9-24/h3-7,12-13,18H,8-11,14H2,1-2H3,(H2,21,22,26). The maximum atomic E-state index is 12.6. The Kier molecular flexibility index (Phi) is 6.26. The molecule has 27 heavy (non-hydrogen) atoms. The summed E-state index contributed by atoms with van der Waals surface area (Å²) in [4.78, 5) is 26.6. The molecular weight excluding hydrogens is 344 g/mol. The van der Waals surface area contributed by atoms with Crippen LogP contribution in [0.1, 0.15) is 17.2 Å². The summed E-state index contributed by atoms with van der Waals surface area (Å²) in [5.74, 6) is 0. The molecule has 2 aromatic rings. The van der Waals surface area contributed by atoms with Crippen LogP contribution in [-0.4, -0.2) is 48.3 Å². The second kappa shape index (κ2) is 8.83. The Labute approximate surface area is 158 Å². The van der Waals surface area contributed by atoms with Gasteiger partial charge in [-0.3, -0.25) is 9.69 Å². The molecule has 0 spiro atoms. The van der Waals surface area contributed by atoms with E-state index in [0.29, 0.717) is 25.4 Å². The van der Waals surface area contributed by atoms with E-state index in [0.717, 1.165) is 24.2 Å². The number of hydrogen-bond donors (Lipinski definition) is 2. The van der Waals surface area contributed by atoms with E-state index in [1.165, 1.54) is 10.6 Å². The van der Waals surface area contributed by atoms with Crippen molar-refractivity contribution in [2.45, 2.75) is 13.0 Å². The average molecular weight is 370 g/mol. The van der Waals surface area contributed by atoms with Crippen molar-refractivity contribution in [1.82, 2.24) is 14.8 Å². The van der Waals surface area contributed by atoms with Gasteiger partial charge in [0.15, 0.2) is 0 Å². The molecule has 2 amide bonds. The Hall–Kier alpha value is -2.64. The average Bonchev–Trinajstić information content (AvgIpc) is 2.67. The van der Waals surface area contributed by atoms with Crippen LogP contribution in [-0.2, 0) is 11.8 Å². The zero-order valence-electron chi connectivity index (χ0n) is 15.8. The molecule has 7 nitrogen and oxygen atoms in total. The molecule has 0 bridgehead atoms. The van der Waals surface area contributed by atoms with E-state index in [-0.39, 0.29) is 17.6 Å². The lowest BCUT2D eigenvalue weighted by molar-refractivity contribution is 0.0340. The van der Waals surface area contributed by atoms with E-state index in [1.54, 1.807) is 20.2 Å². The zero-order chi connectivity index (χ0) is 19.2. The van der Waals surface area contributed by atoms with Crippen LogP contribution in [0.2, 0.25) is 0 Å². The highest BCUT2D eigenvalue weighted by Crippen LogP contribution is 2.16. The van der Waals surface area contributed by atoms with Crippen LogP contribution in [0.4, 0.5) is 10.5 Å². The third kappa shape index (κ3) is 5.18. The minimum atomic E-state index is -0.293. The number of morpholine rings is 1. The molecular formula is C20H26N4O3. The third-order valence-corrected chi connectivity index (χ3v) is 4.74. The molecule has 1 atom stereocenters. The van der Waals surface area contributed by atoms with Crippen LogP contribution in [0.25, 0.3) is 0 Å². The van der Waals surface area contributed by atoms with E-state index in [1.807, 2.05) is 30.3 Å². The van der Waals surface area contributed by atoms with Gasteiger partial charge in [0.05, 0.1) is 24.9 Å². The number of aryl methyl sites for hydroxylation is 2. The van der Waals surface area contributed by atoms with E-state index >= 15 is 0 Å². The van der Waals surface area contributed by atoms with E-state index in [9.17, 15) is 9.59 Å². The van der Waals surface area contributed by atoms with Gasteiger partial charge >= 0.3 is 6.03 Å². The molecule has 2 heterocycles. The van der Waals surface area contributed by atoms with Crippen LogP contribution in [0.5, 0.6) is 0 Å². The Morgan fingerprint density at radius 3 is 2.63 bits per heavy atom. The topological polar surface area (TPSA) is 75.6 Å². The molecule has 1 fully saturated rings. The van der Waals surface area contributed by atoms with Gasteiger partial charge in [0.2, 0.25) is 0 Å². The Morgan fingerprint density at radius 2 is 1.93 bits per heavy atom. The van der Waals surface area contributed by atoms with Crippen LogP contribution >= 0.6 is 0 Å². The second-order valence-corrected chi connectivity index (χ2v) is 6.79. The van der Waals surface area contributed by atoms with Gasteiger partial charge in [0.1, 0.15) is 0 Å². The van der Waals surface area contributed by atoms with Crippen molar-refractivity contribution in [1.29, 1.82) is 0 Å². The maximum absolute atomic E-state index is 12.6. The molecule has 1 saturated heterocycles. The number of urea groups is 1. The smallest absolute Gasteiger partial charge is 0.319 e. The van der Waals surface area contributed by atoms with E-state index in [2.05, 4.69) is 15.5 Å². The summed E-state index contributed by atoms with van der Waals surface area (Å²) in [6.45, 7) is 5.65. The summed E-state index contributed by atoms with van der Waals surface area (Å²) in [6.07, 6.45) is 1.64. The number of pyridine rings is 1. The van der Waals surface area contributed by atoms with Crippen molar-refractivity contribution in [3.8, 4) is 0 Å². The highest BCUT2D eigenvalue weighted by Gasteiger charge is 2.20. The van der Waals surface area contributed by atoms with Crippen molar-refractivity contribution in [3.63, 3.8) is 0 Å². The third-order valence-electron chi connectivity index (χ3n) is 4.74. The number of nitrogens with zero attached hydrogens (tertiary/aromatic N) is 2. The lowest BCUT2D eigenvalue weighted by atomic mass is 10.1. The van der Waals surface area contributed by atoms with E-state index in [4.69, 9.17) is 4.74 Å². The van der Waals surface area contributed by atoms with Gasteiger partial charge in [0.25, 0.3) is 5.56 Å². The minimum Gasteiger partial charge on any atom is -0.379 e. The van der Waals surface area contributed by atoms with Crippen LogP contribution in [0.3, 0.4) is 0 Å². The highest BCUT2D eigenvalue weighted by atomic mass is 16.5. The lowest BCUT2D eigenvalue weighted by Crippen LogP contribution is -2.44. The normalized spacial score (nSPS) is 15.9. The predicted molar refractivity (Wildman–Crippen MR) is 105 cm³/mol. The fraction of sp³-hybridized carbons (Fsp3) is 0.400. The summed E-state index contributed by atoms with van der Waals surface area (Å²) in [5, 5.41) is 5.93. The lowest BCUT2D eigenvalue weighted by Gasteiger charge is -2.31. The van der Waals surface area contributed by atoms with Crippen molar-refractivity contribution in [2.75, 3.05) is 38.2 Å². The predicted octanol–water partition coefficient (Wildman–Crippen LogP) is 1.89. The zero-order valence-corrected chi connectivity index (χ0v) is 15.8. The number of carbonyl (C=O) groups is 1. The number of benzene rings is 1. The number of carbonyl (C=O) groups excluding carboxylic acids is 1. The first-order valence-corrected chi connectivity index (χ1v) is 9.13. The molecule has 1 aliphatic heterocycles. The van der Waals surface area contributed by atoms with Gasteiger partial charge in [-0.2, -0.15) is 0 Å². The molecule has 0 radical (unpaired) electrons. The van der Waals surface area contributed by atoms with Gasteiger partial charge < -0.3 is 19.9 Å². The van der Waals surface area contributed by atoms with Crippen molar-refractivity contribution >= 4 is 11.7 Å². The first kappa shape index (κ1) is 19.1. The molecule has 2 N–H and O–H groups in total. The molecule has 1 aliphatic rings. The van der Waals surface area contributed by atoms with Crippen molar-refractivity contribution in [2.24, 2.45) is 7.05 Å². The quantitative estimate of drug-likeness (QED) is 0.843. The Balaban J connectivity index is 1.72. The molecule has 3 rings (SSSR count). The summed E-state index contributed by atoms with van der Waals surface area (Å²) in [5.41, 5.74) is 2.30. The van der Waals surface area contributed by atoms with Gasteiger partial charge in [-0.1, -0.05) is 30.3 Å². The fourth-order valence-electron chi connectivity index (χ4n) is 3.13. The maximum Gasteiger partial charge on any atom is 0.319 e. The molecule has 144 valence electrons. The largest absolute Gasteiger partial charge is 0.379 e. The number of hydrogen-bond acceptors (Lipinski definition) is 4. The molecule has 0 saturated carbocycles. The van der Waals surface area contributed by atoms with Crippen molar-refractivity contribution < 1.29 is 9.53 Å². The highest BCUT2D eigenvalue weighted by molar-refractivity contribution is 5.90. The number of nitrogens with one attached hydrogen (secondary N) is 2. The van der Waals surface area contributed by atoms with Gasteiger partial charge in [-0.15, -0.1) is 0 Å². The molecule has 1 aromatic heterocycles. The van der Waals surface area contributed by atoms with E-state index < -0.39 is 0 Å². The Bertz CT molecular complexity index is 829. The van der Waals surface area contributed by atoms with Crippen molar-refractivity contribution in [3.05, 3.63) is 64.1 Å². The van der Waals surface area contributed by atoms with Crippen LogP contribution in [0.15, 0.2) is 47.4 Å². The summed E-state index contributed by atoms with van der Waals surface area (Å²) < 4.78 is 6.86. The summed E-state index contributed by atoms with van der Waals surface area (Å²) >= 11 is 0. The minimum absolute atomic E-state index is 0.104. The number of rotatable bonds is 5. The summed E-state index contributed by atoms with van der Waals surface area (Å²) in [6, 6.07) is 11.0. The van der Waals surface area contributed by atoms with Gasteiger partial charge in [0, 0.05) is 38.9 Å². The number of anilines is 1. The Morgan fingerprint density at radius 1 is 1.22 bits per heavy atom. The van der Waals surface area contributed by atoms with Gasteiger partial charge in [-0.05, 0) is 18.1 Å². The van der Waals surface area contributed by atoms with Gasteiger partial charge in [-0.25, -0.2) is 4.79 Å². The SMILES string of the molecule is Cc1cc(=O)n(C)cc1NC(=O)NC(CN1CCOCC1)c1ccccc1. The second-order valence-electron chi connectivity index (χ2n) is 6.79. The molecule has 1 aromatic carbocycles. The summed E-state index contributed by atoms with van der Waals surface area (Å²) in [7, 11) is 1.66. The monoisotopic (exact) mass is 370 g/mol. The first-order valence-electron chi connectivity index (χ1n) is 9.13. The molecule has 0 aliphatic carbocycles.